The lowest BCUT2D eigenvalue weighted by Gasteiger charge is -2.29. The summed E-state index contributed by atoms with van der Waals surface area (Å²) < 4.78 is 10.8. The van der Waals surface area contributed by atoms with Crippen LogP contribution in [0.15, 0.2) is 15.6 Å². The number of aryl methyl sites for hydroxylation is 1. The molecule has 1 unspecified atom stereocenters. The lowest BCUT2D eigenvalue weighted by molar-refractivity contribution is 0.0315. The summed E-state index contributed by atoms with van der Waals surface area (Å²) >= 11 is 0. The zero-order valence-electron chi connectivity index (χ0n) is 15.5. The Bertz CT molecular complexity index is 553. The zero-order valence-corrected chi connectivity index (χ0v) is 15.5. The summed E-state index contributed by atoms with van der Waals surface area (Å²) in [5.74, 6) is 2.52. The first kappa shape index (κ1) is 18.2. The average Bonchev–Trinajstić information content (AvgIpc) is 3.29. The molecule has 2 aliphatic rings. The van der Waals surface area contributed by atoms with E-state index in [-0.39, 0.29) is 0 Å². The molecule has 3 heterocycles. The molecule has 0 saturated carbocycles. The highest BCUT2D eigenvalue weighted by atomic mass is 16.5. The van der Waals surface area contributed by atoms with Gasteiger partial charge in [0.25, 0.3) is 0 Å². The van der Waals surface area contributed by atoms with E-state index in [2.05, 4.69) is 34.1 Å². The van der Waals surface area contributed by atoms with Crippen LogP contribution in [0.1, 0.15) is 31.7 Å². The summed E-state index contributed by atoms with van der Waals surface area (Å²) in [5.41, 5.74) is 0.988. The maximum atomic E-state index is 5.44. The van der Waals surface area contributed by atoms with Gasteiger partial charge in [0.15, 0.2) is 11.7 Å². The second kappa shape index (κ2) is 9.20. The molecule has 0 spiro atoms. The summed E-state index contributed by atoms with van der Waals surface area (Å²) in [4.78, 5) is 9.67. The van der Waals surface area contributed by atoms with Crippen LogP contribution in [0, 0.1) is 5.92 Å². The summed E-state index contributed by atoms with van der Waals surface area (Å²) in [6, 6.07) is 2.00. The number of aliphatic imine (C=N–C) groups is 1. The quantitative estimate of drug-likeness (QED) is 0.618. The molecule has 0 bridgehead atoms. The summed E-state index contributed by atoms with van der Waals surface area (Å²) in [6.45, 7) is 12.8. The van der Waals surface area contributed by atoms with Crippen LogP contribution in [0.3, 0.4) is 0 Å². The number of rotatable bonds is 6. The van der Waals surface area contributed by atoms with Crippen molar-refractivity contribution in [3.8, 4) is 0 Å². The fourth-order valence-corrected chi connectivity index (χ4v) is 3.50. The molecule has 1 N–H and O–H groups in total. The highest BCUT2D eigenvalue weighted by molar-refractivity contribution is 5.80. The van der Waals surface area contributed by atoms with Gasteiger partial charge in [0.1, 0.15) is 6.54 Å². The van der Waals surface area contributed by atoms with Crippen molar-refractivity contribution in [2.45, 2.75) is 33.2 Å². The molecule has 2 fully saturated rings. The minimum Gasteiger partial charge on any atom is -0.379 e. The fraction of sp³-hybridized carbons (Fsp3) is 0.778. The van der Waals surface area contributed by atoms with Crippen molar-refractivity contribution < 1.29 is 9.26 Å². The highest BCUT2D eigenvalue weighted by Crippen LogP contribution is 2.18. The SMILES string of the molecule is CCNC(=NCc1cc(CC)no1)N1CCC(CN2CCOCC2)C1. The molecule has 1 aromatic heterocycles. The molecule has 0 aliphatic carbocycles. The van der Waals surface area contributed by atoms with Crippen molar-refractivity contribution in [2.24, 2.45) is 10.9 Å². The van der Waals surface area contributed by atoms with Crippen molar-refractivity contribution in [1.82, 2.24) is 20.3 Å². The van der Waals surface area contributed by atoms with Crippen molar-refractivity contribution >= 4 is 5.96 Å². The van der Waals surface area contributed by atoms with Crippen LogP contribution >= 0.6 is 0 Å². The van der Waals surface area contributed by atoms with E-state index in [1.165, 1.54) is 13.0 Å². The number of ether oxygens (including phenoxy) is 1. The number of hydrogen-bond acceptors (Lipinski definition) is 5. The minimum absolute atomic E-state index is 0.542. The lowest BCUT2D eigenvalue weighted by Crippen LogP contribution is -2.42. The Labute approximate surface area is 150 Å². The molecule has 0 radical (unpaired) electrons. The molecule has 2 aliphatic heterocycles. The van der Waals surface area contributed by atoms with Gasteiger partial charge in [-0.2, -0.15) is 0 Å². The molecule has 2 saturated heterocycles. The van der Waals surface area contributed by atoms with Gasteiger partial charge in [-0.25, -0.2) is 4.99 Å². The van der Waals surface area contributed by atoms with Crippen LogP contribution in [0.5, 0.6) is 0 Å². The van der Waals surface area contributed by atoms with Gasteiger partial charge in [-0.15, -0.1) is 0 Å². The largest absolute Gasteiger partial charge is 0.379 e. The molecule has 25 heavy (non-hydrogen) atoms. The van der Waals surface area contributed by atoms with Crippen molar-refractivity contribution in [1.29, 1.82) is 0 Å². The van der Waals surface area contributed by atoms with Crippen molar-refractivity contribution in [2.75, 3.05) is 52.5 Å². The van der Waals surface area contributed by atoms with E-state index < -0.39 is 0 Å². The van der Waals surface area contributed by atoms with Gasteiger partial charge in [0.05, 0.1) is 18.9 Å². The fourth-order valence-electron chi connectivity index (χ4n) is 3.50. The van der Waals surface area contributed by atoms with E-state index >= 15 is 0 Å². The first-order valence-corrected chi connectivity index (χ1v) is 9.56. The standard InChI is InChI=1S/C18H31N5O2/c1-3-16-11-17(25-21-16)12-20-18(19-4-2)23-6-5-15(14-23)13-22-7-9-24-10-8-22/h11,15H,3-10,12-14H2,1-2H3,(H,19,20). The molecule has 3 rings (SSSR count). The summed E-state index contributed by atoms with van der Waals surface area (Å²) in [6.07, 6.45) is 2.12. The van der Waals surface area contributed by atoms with E-state index in [9.17, 15) is 0 Å². The Morgan fingerprint density at radius 1 is 1.32 bits per heavy atom. The van der Waals surface area contributed by atoms with E-state index in [1.54, 1.807) is 0 Å². The molecule has 0 aromatic carbocycles. The molecular weight excluding hydrogens is 318 g/mol. The van der Waals surface area contributed by atoms with Gasteiger partial charge in [0.2, 0.25) is 0 Å². The maximum absolute atomic E-state index is 5.44. The third-order valence-corrected chi connectivity index (χ3v) is 4.90. The smallest absolute Gasteiger partial charge is 0.194 e. The van der Waals surface area contributed by atoms with Crippen LogP contribution in [-0.4, -0.2) is 73.4 Å². The van der Waals surface area contributed by atoms with E-state index in [1.807, 2.05) is 6.07 Å². The van der Waals surface area contributed by atoms with Gasteiger partial charge in [-0.3, -0.25) is 4.90 Å². The summed E-state index contributed by atoms with van der Waals surface area (Å²) in [5, 5.41) is 7.46. The molecule has 0 amide bonds. The van der Waals surface area contributed by atoms with Gasteiger partial charge < -0.3 is 19.5 Å². The Morgan fingerprint density at radius 3 is 2.88 bits per heavy atom. The zero-order chi connectivity index (χ0) is 17.5. The average molecular weight is 349 g/mol. The lowest BCUT2D eigenvalue weighted by atomic mass is 10.1. The van der Waals surface area contributed by atoms with Crippen LogP contribution in [0.25, 0.3) is 0 Å². The third kappa shape index (κ3) is 5.19. The minimum atomic E-state index is 0.542. The number of hydrogen-bond donors (Lipinski definition) is 1. The Morgan fingerprint density at radius 2 is 2.16 bits per heavy atom. The third-order valence-electron chi connectivity index (χ3n) is 4.90. The number of aromatic nitrogens is 1. The number of morpholine rings is 1. The second-order valence-corrected chi connectivity index (χ2v) is 6.82. The first-order chi connectivity index (χ1) is 12.3. The molecule has 1 atom stereocenters. The predicted octanol–water partition coefficient (Wildman–Crippen LogP) is 1.36. The number of guanidine groups is 1. The normalized spacial score (nSPS) is 22.6. The van der Waals surface area contributed by atoms with Gasteiger partial charge in [-0.05, 0) is 25.7 Å². The van der Waals surface area contributed by atoms with Gasteiger partial charge >= 0.3 is 0 Å². The van der Waals surface area contributed by atoms with Gasteiger partial charge in [0, 0.05) is 45.3 Å². The molecule has 1 aromatic rings. The van der Waals surface area contributed by atoms with Crippen LogP contribution in [-0.2, 0) is 17.7 Å². The Hall–Kier alpha value is -1.60. The number of likely N-dealkylation sites (tertiary alicyclic amines) is 1. The van der Waals surface area contributed by atoms with E-state index in [0.29, 0.717) is 12.5 Å². The van der Waals surface area contributed by atoms with Crippen molar-refractivity contribution in [3.05, 3.63) is 17.5 Å². The molecule has 7 heteroatoms. The van der Waals surface area contributed by atoms with Crippen LogP contribution in [0.2, 0.25) is 0 Å². The predicted molar refractivity (Wildman–Crippen MR) is 97.6 cm³/mol. The Balaban J connectivity index is 1.53. The van der Waals surface area contributed by atoms with Crippen LogP contribution in [0.4, 0.5) is 0 Å². The topological polar surface area (TPSA) is 66.1 Å². The first-order valence-electron chi connectivity index (χ1n) is 9.56. The monoisotopic (exact) mass is 349 g/mol. The Kier molecular flexibility index (Phi) is 6.69. The van der Waals surface area contributed by atoms with E-state index in [0.717, 1.165) is 69.8 Å². The maximum Gasteiger partial charge on any atom is 0.194 e. The molecular formula is C18H31N5O2. The summed E-state index contributed by atoms with van der Waals surface area (Å²) in [7, 11) is 0. The molecule has 140 valence electrons. The highest BCUT2D eigenvalue weighted by Gasteiger charge is 2.27. The van der Waals surface area contributed by atoms with Crippen molar-refractivity contribution in [3.63, 3.8) is 0 Å². The second-order valence-electron chi connectivity index (χ2n) is 6.82. The molecule has 7 nitrogen and oxygen atoms in total. The number of nitrogens with zero attached hydrogens (tertiary/aromatic N) is 4. The van der Waals surface area contributed by atoms with Crippen LogP contribution < -0.4 is 5.32 Å². The van der Waals surface area contributed by atoms with E-state index in [4.69, 9.17) is 14.3 Å². The van der Waals surface area contributed by atoms with Gasteiger partial charge in [-0.1, -0.05) is 12.1 Å². The number of nitrogens with one attached hydrogen (secondary N) is 1.